The summed E-state index contributed by atoms with van der Waals surface area (Å²) in [4.78, 5) is 35.6. The van der Waals surface area contributed by atoms with E-state index in [2.05, 4.69) is 5.32 Å². The zero-order chi connectivity index (χ0) is 11.8. The fourth-order valence-corrected chi connectivity index (χ4v) is 1.83. The monoisotopic (exact) mass is 251 g/mol. The molecule has 15 heavy (non-hydrogen) atoms. The lowest BCUT2D eigenvalue weighted by Gasteiger charge is -2.13. The topological polar surface area (TPSA) is 93.0 Å². The average Bonchev–Trinajstić information content (AvgIpc) is 2.16. The van der Waals surface area contributed by atoms with Crippen molar-refractivity contribution in [3.05, 3.63) is 0 Å². The van der Waals surface area contributed by atoms with Crippen LogP contribution >= 0.6 is 0 Å². The second-order valence-electron chi connectivity index (χ2n) is 3.85. The number of hydrogen-bond donors (Lipinski definition) is 5. The molecule has 0 saturated carbocycles. The third-order valence-electron chi connectivity index (χ3n) is 2.39. The minimum absolute atomic E-state index is 0.0322. The van der Waals surface area contributed by atoms with Crippen LogP contribution in [0, 0.1) is 0 Å². The lowest BCUT2D eigenvalue weighted by molar-refractivity contribution is 0.378. The van der Waals surface area contributed by atoms with Crippen LogP contribution in [0.1, 0.15) is 26.7 Å². The van der Waals surface area contributed by atoms with Gasteiger partial charge in [0, 0.05) is 11.1 Å². The Balaban J connectivity index is 3.32. The molecule has 7 heteroatoms. The Hall–Kier alpha value is 0.234. The van der Waals surface area contributed by atoms with Gasteiger partial charge >= 0.3 is 18.6 Å². The van der Waals surface area contributed by atoms with E-state index >= 15 is 0 Å². The summed E-state index contributed by atoms with van der Waals surface area (Å²) in [5.74, 6) is 0. The molecule has 2 radical (unpaired) electrons. The van der Waals surface area contributed by atoms with Gasteiger partial charge in [0.05, 0.1) is 0 Å². The third-order valence-corrected chi connectivity index (χ3v) is 4.73. The van der Waals surface area contributed by atoms with Crippen molar-refractivity contribution < 1.29 is 19.2 Å². The summed E-state index contributed by atoms with van der Waals surface area (Å²) in [7, 11) is -4.29. The van der Waals surface area contributed by atoms with Crippen LogP contribution in [0.15, 0.2) is 0 Å². The first-order chi connectivity index (χ1) is 6.95. The van der Waals surface area contributed by atoms with Crippen molar-refractivity contribution in [2.75, 3.05) is 13.1 Å². The van der Waals surface area contributed by atoms with Gasteiger partial charge in [0.2, 0.25) is 0 Å². The second-order valence-corrected chi connectivity index (χ2v) is 7.25. The van der Waals surface area contributed by atoms with Gasteiger partial charge in [-0.15, -0.1) is 0 Å². The second kappa shape index (κ2) is 8.39. The first-order valence-corrected chi connectivity index (χ1v) is 8.09. The number of nitrogens with one attached hydrogen (secondary N) is 1. The standard InChI is InChI=1S/C8H21NO4Si2/c1-7(14(10)11)3-5-9-6-4-8(2)15(12)13/h7-13H,3-6H2,1-2H3. The fraction of sp³-hybridized carbons (Fsp3) is 1.00. The summed E-state index contributed by atoms with van der Waals surface area (Å²) in [5.41, 5.74) is -0.0644. The van der Waals surface area contributed by atoms with Crippen LogP contribution in [0.4, 0.5) is 0 Å². The van der Waals surface area contributed by atoms with Crippen LogP contribution in [-0.2, 0) is 0 Å². The van der Waals surface area contributed by atoms with Crippen LogP contribution in [0.25, 0.3) is 0 Å². The maximum Gasteiger partial charge on any atom is 0.382 e. The minimum atomic E-state index is -2.14. The zero-order valence-electron chi connectivity index (χ0n) is 9.27. The van der Waals surface area contributed by atoms with Gasteiger partial charge < -0.3 is 24.5 Å². The van der Waals surface area contributed by atoms with E-state index in [0.29, 0.717) is 0 Å². The molecule has 0 heterocycles. The largest absolute Gasteiger partial charge is 0.410 e. The van der Waals surface area contributed by atoms with Crippen molar-refractivity contribution in [2.24, 2.45) is 0 Å². The summed E-state index contributed by atoms with van der Waals surface area (Å²) in [6, 6.07) is 0. The van der Waals surface area contributed by atoms with Crippen molar-refractivity contribution in [3.63, 3.8) is 0 Å². The van der Waals surface area contributed by atoms with E-state index in [4.69, 9.17) is 19.2 Å². The molecular weight excluding hydrogens is 230 g/mol. The lowest BCUT2D eigenvalue weighted by atomic mass is 10.3. The normalized spacial score (nSPS) is 16.0. The number of hydrogen-bond acceptors (Lipinski definition) is 5. The molecule has 0 aromatic heterocycles. The van der Waals surface area contributed by atoms with Crippen molar-refractivity contribution in [2.45, 2.75) is 37.8 Å². The molecule has 0 amide bonds. The molecule has 0 aliphatic carbocycles. The predicted octanol–water partition coefficient (Wildman–Crippen LogP) is -0.918. The van der Waals surface area contributed by atoms with E-state index in [1.165, 1.54) is 0 Å². The molecule has 0 rings (SSSR count). The highest BCUT2D eigenvalue weighted by Crippen LogP contribution is 2.10. The van der Waals surface area contributed by atoms with Gasteiger partial charge in [-0.1, -0.05) is 13.8 Å². The van der Waals surface area contributed by atoms with Crippen molar-refractivity contribution in [3.8, 4) is 0 Å². The van der Waals surface area contributed by atoms with Gasteiger partial charge in [0.1, 0.15) is 0 Å². The molecular formula is C8H21NO4Si2. The molecule has 5 N–H and O–H groups in total. The van der Waals surface area contributed by atoms with E-state index in [9.17, 15) is 0 Å². The highest BCUT2D eigenvalue weighted by Gasteiger charge is 2.16. The van der Waals surface area contributed by atoms with Crippen LogP contribution in [-0.4, -0.2) is 50.8 Å². The third kappa shape index (κ3) is 8.08. The van der Waals surface area contributed by atoms with Gasteiger partial charge in [-0.3, -0.25) is 0 Å². The first-order valence-electron chi connectivity index (χ1n) is 5.15. The van der Waals surface area contributed by atoms with E-state index in [-0.39, 0.29) is 11.1 Å². The molecule has 0 aromatic rings. The molecule has 0 aromatic carbocycles. The van der Waals surface area contributed by atoms with Gasteiger partial charge in [-0.2, -0.15) is 0 Å². The van der Waals surface area contributed by atoms with Gasteiger partial charge in [0.15, 0.2) is 0 Å². The highest BCUT2D eigenvalue weighted by atomic mass is 28.3. The molecule has 2 unspecified atom stereocenters. The Kier molecular flexibility index (Phi) is 8.52. The quantitative estimate of drug-likeness (QED) is 0.284. The SMILES string of the molecule is CC(CCNCCC(C)[Si](O)O)[Si](O)O. The van der Waals surface area contributed by atoms with Crippen LogP contribution in [0.3, 0.4) is 0 Å². The number of rotatable bonds is 8. The van der Waals surface area contributed by atoms with Crippen LogP contribution in [0.2, 0.25) is 11.1 Å². The first kappa shape index (κ1) is 15.2. The molecule has 0 saturated heterocycles. The van der Waals surface area contributed by atoms with Gasteiger partial charge in [-0.25, -0.2) is 0 Å². The highest BCUT2D eigenvalue weighted by molar-refractivity contribution is 6.43. The van der Waals surface area contributed by atoms with Crippen molar-refractivity contribution in [1.29, 1.82) is 0 Å². The summed E-state index contributed by atoms with van der Waals surface area (Å²) in [6.07, 6.45) is 1.48. The van der Waals surface area contributed by atoms with Gasteiger partial charge in [-0.05, 0) is 25.9 Å². The van der Waals surface area contributed by atoms with Crippen molar-refractivity contribution in [1.82, 2.24) is 5.32 Å². The Morgan fingerprint density at radius 2 is 1.20 bits per heavy atom. The lowest BCUT2D eigenvalue weighted by Crippen LogP contribution is -2.26. The maximum absolute atomic E-state index is 8.91. The molecule has 0 fully saturated rings. The summed E-state index contributed by atoms with van der Waals surface area (Å²) in [6.45, 7) is 5.12. The van der Waals surface area contributed by atoms with E-state index in [1.807, 2.05) is 13.8 Å². The fourth-order valence-electron chi connectivity index (χ4n) is 1.02. The average molecular weight is 251 g/mol. The summed E-state index contributed by atoms with van der Waals surface area (Å²) in [5, 5.41) is 3.15. The van der Waals surface area contributed by atoms with Crippen LogP contribution in [0.5, 0.6) is 0 Å². The molecule has 90 valence electrons. The van der Waals surface area contributed by atoms with Crippen molar-refractivity contribution >= 4 is 18.6 Å². The summed E-state index contributed by atoms with van der Waals surface area (Å²) < 4.78 is 0. The Morgan fingerprint density at radius 1 is 0.867 bits per heavy atom. The predicted molar refractivity (Wildman–Crippen MR) is 61.3 cm³/mol. The molecule has 0 aliphatic rings. The molecule has 5 nitrogen and oxygen atoms in total. The zero-order valence-corrected chi connectivity index (χ0v) is 11.3. The Morgan fingerprint density at radius 3 is 1.47 bits per heavy atom. The van der Waals surface area contributed by atoms with Gasteiger partial charge in [0.25, 0.3) is 0 Å². The maximum atomic E-state index is 8.91. The van der Waals surface area contributed by atoms with Crippen LogP contribution < -0.4 is 5.32 Å². The van der Waals surface area contributed by atoms with E-state index in [0.717, 1.165) is 25.9 Å². The van der Waals surface area contributed by atoms with E-state index < -0.39 is 18.6 Å². The Labute approximate surface area is 94.5 Å². The smallest absolute Gasteiger partial charge is 0.382 e. The summed E-state index contributed by atoms with van der Waals surface area (Å²) >= 11 is 0. The molecule has 2 atom stereocenters. The molecule has 0 aliphatic heterocycles. The molecule has 0 bridgehead atoms. The van der Waals surface area contributed by atoms with E-state index in [1.54, 1.807) is 0 Å². The minimum Gasteiger partial charge on any atom is -0.410 e. The Bertz CT molecular complexity index is 144. The molecule has 0 spiro atoms.